The average Bonchev–Trinajstić information content (AvgIpc) is 3.15. The van der Waals surface area contributed by atoms with Gasteiger partial charge >= 0.3 is 5.97 Å². The minimum absolute atomic E-state index is 0.215. The molecule has 1 aliphatic rings. The molecule has 3 heterocycles. The molecular weight excluding hydrogens is 332 g/mol. The Labute approximate surface area is 140 Å². The summed E-state index contributed by atoms with van der Waals surface area (Å²) in [6.45, 7) is 1.50. The Kier molecular flexibility index (Phi) is 4.36. The van der Waals surface area contributed by atoms with E-state index in [2.05, 4.69) is 0 Å². The first-order valence-electron chi connectivity index (χ1n) is 6.83. The predicted molar refractivity (Wildman–Crippen MR) is 90.0 cm³/mol. The van der Waals surface area contributed by atoms with E-state index in [0.717, 1.165) is 15.3 Å². The molecule has 0 spiro atoms. The zero-order valence-electron chi connectivity index (χ0n) is 12.1. The molecule has 4 nitrogen and oxygen atoms in total. The number of rotatable bonds is 4. The summed E-state index contributed by atoms with van der Waals surface area (Å²) in [5.41, 5.74) is 1.09. The molecule has 0 fully saturated rings. The zero-order chi connectivity index (χ0) is 16.4. The molecule has 1 aliphatic heterocycles. The molecule has 23 heavy (non-hydrogen) atoms. The van der Waals surface area contributed by atoms with Crippen molar-refractivity contribution >= 4 is 46.3 Å². The van der Waals surface area contributed by atoms with Crippen LogP contribution in [0.15, 0.2) is 46.9 Å². The molecule has 0 aromatic carbocycles. The van der Waals surface area contributed by atoms with E-state index < -0.39 is 23.5 Å². The van der Waals surface area contributed by atoms with Gasteiger partial charge in [0.1, 0.15) is 5.76 Å². The van der Waals surface area contributed by atoms with E-state index in [4.69, 9.17) is 4.74 Å². The van der Waals surface area contributed by atoms with Crippen LogP contribution in [0.25, 0.3) is 16.5 Å². The van der Waals surface area contributed by atoms with Crippen molar-refractivity contribution in [3.05, 3.63) is 51.7 Å². The summed E-state index contributed by atoms with van der Waals surface area (Å²) in [6, 6.07) is 5.97. The van der Waals surface area contributed by atoms with Crippen molar-refractivity contribution in [1.29, 1.82) is 0 Å². The summed E-state index contributed by atoms with van der Waals surface area (Å²) in [6.07, 6.45) is 4.07. The second kappa shape index (κ2) is 6.44. The van der Waals surface area contributed by atoms with Gasteiger partial charge in [0.2, 0.25) is 0 Å². The van der Waals surface area contributed by atoms with Crippen LogP contribution in [0.2, 0.25) is 0 Å². The third-order valence-corrected chi connectivity index (χ3v) is 5.07. The molecule has 116 valence electrons. The highest BCUT2D eigenvalue weighted by atomic mass is 32.1. The van der Waals surface area contributed by atoms with Gasteiger partial charge in [0.05, 0.1) is 0 Å². The van der Waals surface area contributed by atoms with Gasteiger partial charge < -0.3 is 4.74 Å². The highest BCUT2D eigenvalue weighted by molar-refractivity contribution is 7.15. The predicted octanol–water partition coefficient (Wildman–Crippen LogP) is 3.70. The van der Waals surface area contributed by atoms with Gasteiger partial charge in [0, 0.05) is 21.4 Å². The molecule has 6 heteroatoms. The largest absolute Gasteiger partial charge is 0.430 e. The third-order valence-electron chi connectivity index (χ3n) is 3.25. The van der Waals surface area contributed by atoms with Crippen LogP contribution >= 0.6 is 22.7 Å². The van der Waals surface area contributed by atoms with Crippen LogP contribution in [0.5, 0.6) is 0 Å². The quantitative estimate of drug-likeness (QED) is 0.482. The molecule has 0 saturated carbocycles. The van der Waals surface area contributed by atoms with Crippen LogP contribution in [0.1, 0.15) is 11.8 Å². The lowest BCUT2D eigenvalue weighted by atomic mass is 9.96. The van der Waals surface area contributed by atoms with Gasteiger partial charge in [0.15, 0.2) is 17.5 Å². The smallest absolute Gasteiger partial charge is 0.329 e. The lowest BCUT2D eigenvalue weighted by Crippen LogP contribution is -2.34. The molecule has 0 aliphatic carbocycles. The maximum atomic E-state index is 12.1. The fourth-order valence-corrected chi connectivity index (χ4v) is 3.77. The number of hydrogen-bond donors (Lipinski definition) is 0. The summed E-state index contributed by atoms with van der Waals surface area (Å²) in [5, 5.41) is 4.00. The molecule has 2 aromatic heterocycles. The first-order chi connectivity index (χ1) is 11.0. The van der Waals surface area contributed by atoms with Crippen molar-refractivity contribution in [3.8, 4) is 10.4 Å². The maximum Gasteiger partial charge on any atom is 0.329 e. The summed E-state index contributed by atoms with van der Waals surface area (Å²) in [7, 11) is 0. The molecule has 0 amide bonds. The van der Waals surface area contributed by atoms with Crippen molar-refractivity contribution in [3.63, 3.8) is 0 Å². The number of carbonyl (C=O) groups is 3. The SMILES string of the molecule is CC1=CC(=O)[C@@H](C(=O)/C=C\c2cc(-c3cccs3)cs2)C(=O)O1. The van der Waals surface area contributed by atoms with Crippen LogP contribution in [0, 0.1) is 5.92 Å². The number of ether oxygens (including phenoxy) is 1. The first-order valence-corrected chi connectivity index (χ1v) is 8.59. The van der Waals surface area contributed by atoms with Gasteiger partial charge in [-0.3, -0.25) is 14.4 Å². The van der Waals surface area contributed by atoms with Crippen LogP contribution in [-0.4, -0.2) is 17.5 Å². The van der Waals surface area contributed by atoms with Crippen molar-refractivity contribution in [2.24, 2.45) is 5.92 Å². The van der Waals surface area contributed by atoms with Gasteiger partial charge in [-0.05, 0) is 42.0 Å². The minimum Gasteiger partial charge on any atom is -0.430 e. The number of thiophene rings is 2. The molecule has 0 saturated heterocycles. The highest BCUT2D eigenvalue weighted by Gasteiger charge is 2.36. The Morgan fingerprint density at radius 3 is 2.83 bits per heavy atom. The molecule has 0 radical (unpaired) electrons. The van der Waals surface area contributed by atoms with Crippen molar-refractivity contribution in [1.82, 2.24) is 0 Å². The van der Waals surface area contributed by atoms with E-state index in [1.165, 1.54) is 30.4 Å². The van der Waals surface area contributed by atoms with E-state index in [9.17, 15) is 14.4 Å². The van der Waals surface area contributed by atoms with Gasteiger partial charge in [-0.25, -0.2) is 0 Å². The molecule has 2 aromatic rings. The van der Waals surface area contributed by atoms with E-state index in [0.29, 0.717) is 0 Å². The van der Waals surface area contributed by atoms with Crippen molar-refractivity contribution < 1.29 is 19.1 Å². The summed E-state index contributed by atoms with van der Waals surface area (Å²) < 4.78 is 4.85. The van der Waals surface area contributed by atoms with Crippen LogP contribution in [0.4, 0.5) is 0 Å². The molecule has 0 bridgehead atoms. The first kappa shape index (κ1) is 15.6. The molecule has 3 rings (SSSR count). The average molecular weight is 344 g/mol. The number of allylic oxidation sites excluding steroid dienone is 3. The van der Waals surface area contributed by atoms with Gasteiger partial charge in [-0.1, -0.05) is 6.07 Å². The monoisotopic (exact) mass is 344 g/mol. The Morgan fingerprint density at radius 1 is 1.30 bits per heavy atom. The number of carbonyl (C=O) groups excluding carboxylic acids is 3. The highest BCUT2D eigenvalue weighted by Crippen LogP contribution is 2.29. The maximum absolute atomic E-state index is 12.1. The summed E-state index contributed by atoms with van der Waals surface area (Å²) >= 11 is 3.13. The van der Waals surface area contributed by atoms with E-state index in [1.54, 1.807) is 17.4 Å². The summed E-state index contributed by atoms with van der Waals surface area (Å²) in [4.78, 5) is 37.6. The van der Waals surface area contributed by atoms with Crippen LogP contribution < -0.4 is 0 Å². The van der Waals surface area contributed by atoms with E-state index in [1.807, 2.05) is 29.0 Å². The van der Waals surface area contributed by atoms with Gasteiger partial charge in [-0.2, -0.15) is 0 Å². The fourth-order valence-electron chi connectivity index (χ4n) is 2.18. The van der Waals surface area contributed by atoms with E-state index >= 15 is 0 Å². The Balaban J connectivity index is 1.74. The topological polar surface area (TPSA) is 60.4 Å². The Hall–Kier alpha value is -2.31. The minimum atomic E-state index is -1.38. The van der Waals surface area contributed by atoms with Crippen LogP contribution in [0.3, 0.4) is 0 Å². The van der Waals surface area contributed by atoms with Gasteiger partial charge in [0.25, 0.3) is 0 Å². The van der Waals surface area contributed by atoms with Crippen molar-refractivity contribution in [2.45, 2.75) is 6.92 Å². The normalized spacial score (nSPS) is 18.1. The van der Waals surface area contributed by atoms with Crippen molar-refractivity contribution in [2.75, 3.05) is 0 Å². The molecule has 1 atom stereocenters. The molecule has 0 N–H and O–H groups in total. The Bertz CT molecular complexity index is 825. The second-order valence-corrected chi connectivity index (χ2v) is 6.85. The second-order valence-electron chi connectivity index (χ2n) is 4.96. The molecular formula is C17H12O4S2. The standard InChI is InChI=1S/C17H12O4S2/c1-10-7-14(19)16(17(20)21-10)13(18)5-4-12-8-11(9-23-12)15-3-2-6-22-15/h2-9,16H,1H3/b5-4-/t16-/m1/s1. The van der Waals surface area contributed by atoms with Crippen LogP contribution in [-0.2, 0) is 19.1 Å². The zero-order valence-corrected chi connectivity index (χ0v) is 13.8. The Morgan fingerprint density at radius 2 is 2.13 bits per heavy atom. The molecule has 0 unspecified atom stereocenters. The lowest BCUT2D eigenvalue weighted by Gasteiger charge is -2.15. The lowest BCUT2D eigenvalue weighted by molar-refractivity contribution is -0.151. The number of hydrogen-bond acceptors (Lipinski definition) is 6. The van der Waals surface area contributed by atoms with Gasteiger partial charge in [-0.15, -0.1) is 22.7 Å². The summed E-state index contributed by atoms with van der Waals surface area (Å²) in [5.74, 6) is -3.07. The number of ketones is 2. The number of esters is 1. The van der Waals surface area contributed by atoms with E-state index in [-0.39, 0.29) is 5.76 Å². The third kappa shape index (κ3) is 3.38. The fraction of sp³-hybridized carbons (Fsp3) is 0.118. The number of cyclic esters (lactones) is 1.